The van der Waals surface area contributed by atoms with Crippen molar-refractivity contribution in [3.8, 4) is 12.1 Å². The molecule has 0 unspecified atom stereocenters. The van der Waals surface area contributed by atoms with Crippen molar-refractivity contribution in [3.63, 3.8) is 0 Å². The summed E-state index contributed by atoms with van der Waals surface area (Å²) in [5.41, 5.74) is 8.08. The first-order valence-electron chi connectivity index (χ1n) is 8.33. The standard InChI is InChI=1S/C18H18N6OS/c19-9-14-16(23-6-2-1-3-7-23)15(10-20)18(22-17(14)21)26-12-13-5-4-8-24(25)11-13/h4-5,8,11H,1-3,6-7,12H2,(H2,21,22). The van der Waals surface area contributed by atoms with Crippen LogP contribution in [0.2, 0.25) is 0 Å². The fraction of sp³-hybridized carbons (Fsp3) is 0.333. The Balaban J connectivity index is 1.98. The molecule has 1 aliphatic heterocycles. The minimum atomic E-state index is 0.140. The molecule has 132 valence electrons. The number of thioether (sulfide) groups is 1. The molecule has 0 aliphatic carbocycles. The second kappa shape index (κ2) is 7.94. The molecule has 3 rings (SSSR count). The lowest BCUT2D eigenvalue weighted by Gasteiger charge is -2.30. The first-order valence-corrected chi connectivity index (χ1v) is 9.31. The van der Waals surface area contributed by atoms with Gasteiger partial charge in [-0.1, -0.05) is 11.8 Å². The molecule has 26 heavy (non-hydrogen) atoms. The highest BCUT2D eigenvalue weighted by molar-refractivity contribution is 7.98. The Morgan fingerprint density at radius 2 is 1.96 bits per heavy atom. The van der Waals surface area contributed by atoms with Crippen molar-refractivity contribution in [2.75, 3.05) is 23.7 Å². The van der Waals surface area contributed by atoms with Crippen molar-refractivity contribution in [2.45, 2.75) is 30.0 Å². The van der Waals surface area contributed by atoms with Gasteiger partial charge in [-0.25, -0.2) is 4.98 Å². The predicted octanol–water partition coefficient (Wildman–Crippen LogP) is 2.32. The fourth-order valence-electron chi connectivity index (χ4n) is 3.06. The van der Waals surface area contributed by atoms with Gasteiger partial charge in [0.25, 0.3) is 0 Å². The van der Waals surface area contributed by atoms with Gasteiger partial charge in [0, 0.05) is 30.5 Å². The van der Waals surface area contributed by atoms with Gasteiger partial charge in [-0.2, -0.15) is 15.3 Å². The number of hydrogen-bond acceptors (Lipinski definition) is 7. The monoisotopic (exact) mass is 366 g/mol. The Morgan fingerprint density at radius 3 is 2.62 bits per heavy atom. The van der Waals surface area contributed by atoms with Gasteiger partial charge < -0.3 is 15.8 Å². The van der Waals surface area contributed by atoms with Crippen LogP contribution in [-0.2, 0) is 5.75 Å². The second-order valence-corrected chi connectivity index (χ2v) is 7.00. The van der Waals surface area contributed by atoms with E-state index in [2.05, 4.69) is 22.0 Å². The molecule has 8 heteroatoms. The van der Waals surface area contributed by atoms with Gasteiger partial charge in [-0.3, -0.25) is 0 Å². The Kier molecular flexibility index (Phi) is 5.45. The van der Waals surface area contributed by atoms with Gasteiger partial charge in [0.05, 0.1) is 5.69 Å². The summed E-state index contributed by atoms with van der Waals surface area (Å²) in [5, 5.41) is 31.2. The maximum atomic E-state index is 11.4. The van der Waals surface area contributed by atoms with Crippen LogP contribution in [0.25, 0.3) is 0 Å². The summed E-state index contributed by atoms with van der Waals surface area (Å²) >= 11 is 1.34. The van der Waals surface area contributed by atoms with Gasteiger partial charge in [-0.05, 0) is 25.3 Å². The minimum absolute atomic E-state index is 0.140. The summed E-state index contributed by atoms with van der Waals surface area (Å²) in [7, 11) is 0. The van der Waals surface area contributed by atoms with E-state index in [4.69, 9.17) is 5.73 Å². The minimum Gasteiger partial charge on any atom is -0.619 e. The Bertz CT molecular complexity index is 896. The summed E-state index contributed by atoms with van der Waals surface area (Å²) in [4.78, 5) is 6.36. The van der Waals surface area contributed by atoms with Gasteiger partial charge in [0.1, 0.15) is 34.1 Å². The summed E-state index contributed by atoms with van der Waals surface area (Å²) in [6, 6.07) is 7.84. The van der Waals surface area contributed by atoms with Crippen LogP contribution in [0.1, 0.15) is 36.0 Å². The van der Waals surface area contributed by atoms with E-state index in [1.165, 1.54) is 24.2 Å². The third kappa shape index (κ3) is 3.66. The topological polar surface area (TPSA) is 117 Å². The average Bonchev–Trinajstić information content (AvgIpc) is 2.66. The van der Waals surface area contributed by atoms with Crippen LogP contribution in [0.15, 0.2) is 29.6 Å². The molecule has 2 aromatic heterocycles. The Morgan fingerprint density at radius 1 is 1.23 bits per heavy atom. The molecule has 0 atom stereocenters. The van der Waals surface area contributed by atoms with Gasteiger partial charge in [0.15, 0.2) is 12.4 Å². The molecule has 2 aromatic rings. The highest BCUT2D eigenvalue weighted by atomic mass is 32.2. The lowest BCUT2D eigenvalue weighted by molar-refractivity contribution is -0.605. The SMILES string of the molecule is N#Cc1c(N)nc(SCc2ccc[n+]([O-])c2)c(C#N)c1N1CCCCC1. The fourth-order valence-corrected chi connectivity index (χ4v) is 3.98. The number of pyridine rings is 2. The molecule has 0 spiro atoms. The molecule has 7 nitrogen and oxygen atoms in total. The zero-order valence-electron chi connectivity index (χ0n) is 14.2. The van der Waals surface area contributed by atoms with Crippen molar-refractivity contribution in [1.82, 2.24) is 4.98 Å². The van der Waals surface area contributed by atoms with Gasteiger partial charge in [-0.15, -0.1) is 0 Å². The number of anilines is 2. The van der Waals surface area contributed by atoms with Crippen molar-refractivity contribution in [2.24, 2.45) is 0 Å². The highest BCUT2D eigenvalue weighted by Gasteiger charge is 2.24. The molecular formula is C18H18N6OS. The summed E-state index contributed by atoms with van der Waals surface area (Å²) < 4.78 is 0.737. The van der Waals surface area contributed by atoms with Gasteiger partial charge >= 0.3 is 0 Å². The lowest BCUT2D eigenvalue weighted by atomic mass is 10.1. The van der Waals surface area contributed by atoms with Crippen LogP contribution in [0.5, 0.6) is 0 Å². The molecule has 0 saturated carbocycles. The van der Waals surface area contributed by atoms with Crippen molar-refractivity contribution < 1.29 is 4.73 Å². The number of aromatic nitrogens is 2. The first-order chi connectivity index (χ1) is 12.6. The number of hydrogen-bond donors (Lipinski definition) is 1. The average molecular weight is 366 g/mol. The molecule has 3 heterocycles. The molecule has 1 fully saturated rings. The largest absolute Gasteiger partial charge is 0.619 e. The van der Waals surface area contributed by atoms with Crippen molar-refractivity contribution in [1.29, 1.82) is 10.5 Å². The van der Waals surface area contributed by atoms with E-state index in [9.17, 15) is 15.7 Å². The lowest BCUT2D eigenvalue weighted by Crippen LogP contribution is -2.31. The number of rotatable bonds is 4. The first kappa shape index (κ1) is 17.8. The van der Waals surface area contributed by atoms with E-state index in [1.807, 2.05) is 6.07 Å². The Hall–Kier alpha value is -2.97. The molecule has 1 saturated heterocycles. The number of nitrogen functional groups attached to an aromatic ring is 1. The summed E-state index contributed by atoms with van der Waals surface area (Å²) in [6.07, 6.45) is 6.09. The highest BCUT2D eigenvalue weighted by Crippen LogP contribution is 2.36. The van der Waals surface area contributed by atoms with E-state index >= 15 is 0 Å². The third-order valence-corrected chi connectivity index (χ3v) is 5.32. The van der Waals surface area contributed by atoms with Crippen LogP contribution in [0.4, 0.5) is 11.5 Å². The van der Waals surface area contributed by atoms with E-state index in [1.54, 1.807) is 6.07 Å². The molecule has 0 radical (unpaired) electrons. The van der Waals surface area contributed by atoms with E-state index < -0.39 is 0 Å². The number of piperidine rings is 1. The van der Waals surface area contributed by atoms with E-state index in [0.29, 0.717) is 22.0 Å². The zero-order valence-corrected chi connectivity index (χ0v) is 15.0. The smallest absolute Gasteiger partial charge is 0.184 e. The maximum Gasteiger partial charge on any atom is 0.184 e. The number of nitrogens with zero attached hydrogens (tertiary/aromatic N) is 5. The maximum absolute atomic E-state index is 11.4. The molecule has 1 aliphatic rings. The molecule has 0 bridgehead atoms. The van der Waals surface area contributed by atoms with Gasteiger partial charge in [0.2, 0.25) is 0 Å². The zero-order chi connectivity index (χ0) is 18.5. The summed E-state index contributed by atoms with van der Waals surface area (Å²) in [6.45, 7) is 1.59. The van der Waals surface area contributed by atoms with Crippen molar-refractivity contribution in [3.05, 3.63) is 46.4 Å². The quantitative estimate of drug-likeness (QED) is 0.501. The molecule has 0 amide bonds. The van der Waals surface area contributed by atoms with Crippen LogP contribution in [0.3, 0.4) is 0 Å². The summed E-state index contributed by atoms with van der Waals surface area (Å²) in [5.74, 6) is 0.622. The normalized spacial score (nSPS) is 13.8. The number of nitrogens with two attached hydrogens (primary N) is 1. The van der Waals surface area contributed by atoms with E-state index in [0.717, 1.165) is 42.6 Å². The van der Waals surface area contributed by atoms with E-state index in [-0.39, 0.29) is 11.4 Å². The Labute approximate surface area is 156 Å². The second-order valence-electron chi connectivity index (χ2n) is 6.03. The van der Waals surface area contributed by atoms with Crippen molar-refractivity contribution >= 4 is 23.3 Å². The number of nitriles is 2. The van der Waals surface area contributed by atoms with Crippen LogP contribution in [0, 0.1) is 27.9 Å². The van der Waals surface area contributed by atoms with Crippen LogP contribution < -0.4 is 15.4 Å². The predicted molar refractivity (Wildman–Crippen MR) is 99.1 cm³/mol. The molecular weight excluding hydrogens is 348 g/mol. The molecule has 2 N–H and O–H groups in total. The molecule has 0 aromatic carbocycles. The van der Waals surface area contributed by atoms with Crippen LogP contribution >= 0.6 is 11.8 Å². The van der Waals surface area contributed by atoms with Crippen LogP contribution in [-0.4, -0.2) is 18.1 Å². The third-order valence-electron chi connectivity index (χ3n) is 4.27.